The number of carbonyl (C=O) groups excluding carboxylic acids is 2. The fourth-order valence-corrected chi connectivity index (χ4v) is 2.93. The first kappa shape index (κ1) is 16.1. The summed E-state index contributed by atoms with van der Waals surface area (Å²) in [5.41, 5.74) is 2.82. The summed E-state index contributed by atoms with van der Waals surface area (Å²) in [5, 5.41) is 3.37. The molecule has 0 radical (unpaired) electrons. The first-order valence-corrected chi connectivity index (χ1v) is 8.06. The van der Waals surface area contributed by atoms with E-state index < -0.39 is 5.97 Å². The minimum atomic E-state index is -0.495. The van der Waals surface area contributed by atoms with Crippen molar-refractivity contribution in [3.63, 3.8) is 0 Å². The fraction of sp³-hybridized carbons (Fsp3) is 0.263. The van der Waals surface area contributed by atoms with Crippen molar-refractivity contribution in [2.75, 3.05) is 16.8 Å². The molecule has 1 N–H and O–H groups in total. The molecule has 1 aliphatic heterocycles. The van der Waals surface area contributed by atoms with Gasteiger partial charge >= 0.3 is 5.97 Å². The van der Waals surface area contributed by atoms with E-state index in [-0.39, 0.29) is 25.1 Å². The first-order chi connectivity index (χ1) is 11.7. The summed E-state index contributed by atoms with van der Waals surface area (Å²) < 4.78 is 4.91. The van der Waals surface area contributed by atoms with Gasteiger partial charge in [-0.3, -0.25) is 14.5 Å². The van der Waals surface area contributed by atoms with Gasteiger partial charge in [-0.2, -0.15) is 0 Å². The SMILES string of the molecule is CCOC(=O)CC(=O)N1c2ccccc2NC1Cc1ccccc1. The normalized spacial score (nSPS) is 15.5. The summed E-state index contributed by atoms with van der Waals surface area (Å²) in [5.74, 6) is -0.753. The van der Waals surface area contributed by atoms with Crippen LogP contribution < -0.4 is 10.2 Å². The van der Waals surface area contributed by atoms with E-state index in [0.29, 0.717) is 6.42 Å². The number of hydrogen-bond donors (Lipinski definition) is 1. The highest BCUT2D eigenvalue weighted by Crippen LogP contribution is 2.35. The second-order valence-electron chi connectivity index (χ2n) is 5.61. The van der Waals surface area contributed by atoms with Crippen LogP contribution in [0.2, 0.25) is 0 Å². The molecule has 1 heterocycles. The van der Waals surface area contributed by atoms with Gasteiger partial charge in [0.2, 0.25) is 5.91 Å². The van der Waals surface area contributed by atoms with Crippen molar-refractivity contribution < 1.29 is 14.3 Å². The van der Waals surface area contributed by atoms with E-state index in [1.54, 1.807) is 11.8 Å². The molecule has 124 valence electrons. The summed E-state index contributed by atoms with van der Waals surface area (Å²) in [4.78, 5) is 26.0. The topological polar surface area (TPSA) is 58.6 Å². The van der Waals surface area contributed by atoms with Crippen molar-refractivity contribution >= 4 is 23.3 Å². The van der Waals surface area contributed by atoms with Crippen molar-refractivity contribution in [1.29, 1.82) is 0 Å². The van der Waals surface area contributed by atoms with Crippen LogP contribution in [0.3, 0.4) is 0 Å². The van der Waals surface area contributed by atoms with E-state index in [0.717, 1.165) is 16.9 Å². The van der Waals surface area contributed by atoms with E-state index >= 15 is 0 Å². The van der Waals surface area contributed by atoms with Crippen LogP contribution in [0, 0.1) is 0 Å². The number of nitrogens with one attached hydrogen (secondary N) is 1. The number of hydrogen-bond acceptors (Lipinski definition) is 4. The van der Waals surface area contributed by atoms with Gasteiger partial charge in [0.15, 0.2) is 0 Å². The molecular weight excluding hydrogens is 304 g/mol. The Kier molecular flexibility index (Phi) is 4.79. The average molecular weight is 324 g/mol. The molecule has 2 aromatic carbocycles. The molecule has 0 aromatic heterocycles. The third kappa shape index (κ3) is 3.40. The minimum Gasteiger partial charge on any atom is -0.466 e. The first-order valence-electron chi connectivity index (χ1n) is 8.06. The average Bonchev–Trinajstić information content (AvgIpc) is 2.93. The molecule has 1 atom stereocenters. The van der Waals surface area contributed by atoms with E-state index in [9.17, 15) is 9.59 Å². The second-order valence-corrected chi connectivity index (χ2v) is 5.61. The van der Waals surface area contributed by atoms with Crippen LogP contribution in [0.1, 0.15) is 18.9 Å². The molecule has 1 aliphatic rings. The Morgan fingerprint density at radius 3 is 2.54 bits per heavy atom. The maximum Gasteiger partial charge on any atom is 0.315 e. The largest absolute Gasteiger partial charge is 0.466 e. The molecule has 0 bridgehead atoms. The van der Waals surface area contributed by atoms with Gasteiger partial charge in [-0.1, -0.05) is 42.5 Å². The number of rotatable bonds is 5. The lowest BCUT2D eigenvalue weighted by atomic mass is 10.1. The van der Waals surface area contributed by atoms with Crippen molar-refractivity contribution in [1.82, 2.24) is 0 Å². The molecule has 2 aromatic rings. The Bertz CT molecular complexity index is 730. The monoisotopic (exact) mass is 324 g/mol. The quantitative estimate of drug-likeness (QED) is 0.678. The molecule has 0 aliphatic carbocycles. The molecule has 1 unspecified atom stereocenters. The predicted octanol–water partition coefficient (Wildman–Crippen LogP) is 2.97. The van der Waals surface area contributed by atoms with Crippen LogP contribution in [0.25, 0.3) is 0 Å². The van der Waals surface area contributed by atoms with Gasteiger partial charge in [0.1, 0.15) is 12.6 Å². The van der Waals surface area contributed by atoms with Gasteiger partial charge < -0.3 is 10.1 Å². The second kappa shape index (κ2) is 7.17. The molecule has 0 saturated heterocycles. The number of carbonyl (C=O) groups is 2. The van der Waals surface area contributed by atoms with Crippen molar-refractivity contribution in [3.8, 4) is 0 Å². The molecule has 0 spiro atoms. The van der Waals surface area contributed by atoms with Gasteiger partial charge in [0.25, 0.3) is 0 Å². The maximum absolute atomic E-state index is 12.7. The van der Waals surface area contributed by atoms with Crippen LogP contribution in [-0.4, -0.2) is 24.6 Å². The Morgan fingerprint density at radius 2 is 1.79 bits per heavy atom. The molecule has 24 heavy (non-hydrogen) atoms. The Morgan fingerprint density at radius 1 is 1.08 bits per heavy atom. The van der Waals surface area contributed by atoms with Crippen LogP contribution >= 0.6 is 0 Å². The van der Waals surface area contributed by atoms with Crippen LogP contribution in [0.15, 0.2) is 54.6 Å². The molecule has 0 saturated carbocycles. The molecular formula is C19H20N2O3. The summed E-state index contributed by atoms with van der Waals surface area (Å²) in [6, 6.07) is 17.6. The summed E-state index contributed by atoms with van der Waals surface area (Å²) in [7, 11) is 0. The van der Waals surface area contributed by atoms with E-state index in [2.05, 4.69) is 5.32 Å². The summed E-state index contributed by atoms with van der Waals surface area (Å²) in [6.45, 7) is 2.00. The molecule has 1 amide bonds. The number of benzene rings is 2. The van der Waals surface area contributed by atoms with Crippen molar-refractivity contribution in [2.45, 2.75) is 25.9 Å². The number of anilines is 2. The van der Waals surface area contributed by atoms with Gasteiger partial charge in [0, 0.05) is 6.42 Å². The fourth-order valence-electron chi connectivity index (χ4n) is 2.93. The highest BCUT2D eigenvalue weighted by atomic mass is 16.5. The van der Waals surface area contributed by atoms with Crippen molar-refractivity contribution in [2.24, 2.45) is 0 Å². The Labute approximate surface area is 141 Å². The Balaban J connectivity index is 1.83. The van der Waals surface area contributed by atoms with E-state index in [4.69, 9.17) is 4.74 Å². The lowest BCUT2D eigenvalue weighted by Gasteiger charge is -2.25. The number of esters is 1. The standard InChI is InChI=1S/C19H20N2O3/c1-2-24-19(23)13-18(22)21-16-11-7-6-10-15(16)20-17(21)12-14-8-4-3-5-9-14/h3-11,17,20H,2,12-13H2,1H3. The molecule has 0 fully saturated rings. The highest BCUT2D eigenvalue weighted by Gasteiger charge is 2.34. The van der Waals surface area contributed by atoms with E-state index in [1.165, 1.54) is 0 Å². The van der Waals surface area contributed by atoms with Crippen LogP contribution in [0.4, 0.5) is 11.4 Å². The van der Waals surface area contributed by atoms with Gasteiger partial charge in [-0.05, 0) is 24.6 Å². The minimum absolute atomic E-state index is 0.216. The van der Waals surface area contributed by atoms with Crippen LogP contribution in [0.5, 0.6) is 0 Å². The lowest BCUT2D eigenvalue weighted by molar-refractivity contribution is -0.145. The zero-order valence-electron chi connectivity index (χ0n) is 13.6. The van der Waals surface area contributed by atoms with Gasteiger partial charge in [-0.25, -0.2) is 0 Å². The zero-order chi connectivity index (χ0) is 16.9. The number of amides is 1. The third-order valence-corrected chi connectivity index (χ3v) is 3.94. The maximum atomic E-state index is 12.7. The zero-order valence-corrected chi connectivity index (χ0v) is 13.6. The lowest BCUT2D eigenvalue weighted by Crippen LogP contribution is -2.42. The number of para-hydroxylation sites is 2. The number of ether oxygens (including phenoxy) is 1. The summed E-state index contributed by atoms with van der Waals surface area (Å²) >= 11 is 0. The highest BCUT2D eigenvalue weighted by molar-refractivity contribution is 6.07. The van der Waals surface area contributed by atoms with E-state index in [1.807, 2.05) is 54.6 Å². The van der Waals surface area contributed by atoms with Crippen LogP contribution in [-0.2, 0) is 20.7 Å². The van der Waals surface area contributed by atoms with Crippen molar-refractivity contribution in [3.05, 3.63) is 60.2 Å². The Hall–Kier alpha value is -2.82. The predicted molar refractivity (Wildman–Crippen MR) is 92.7 cm³/mol. The molecule has 5 heteroatoms. The molecule has 5 nitrogen and oxygen atoms in total. The van der Waals surface area contributed by atoms with Gasteiger partial charge in [0.05, 0.1) is 18.0 Å². The number of nitrogens with zero attached hydrogens (tertiary/aromatic N) is 1. The molecule has 3 rings (SSSR count). The van der Waals surface area contributed by atoms with Gasteiger partial charge in [-0.15, -0.1) is 0 Å². The smallest absolute Gasteiger partial charge is 0.315 e. The summed E-state index contributed by atoms with van der Waals surface area (Å²) in [6.07, 6.45) is 0.186. The number of fused-ring (bicyclic) bond motifs is 1. The third-order valence-electron chi connectivity index (χ3n) is 3.94.